The Balaban J connectivity index is 1.38. The van der Waals surface area contributed by atoms with Crippen LogP contribution in [0.25, 0.3) is 10.9 Å². The van der Waals surface area contributed by atoms with E-state index in [1.165, 1.54) is 10.9 Å². The summed E-state index contributed by atoms with van der Waals surface area (Å²) in [6, 6.07) is 15.9. The van der Waals surface area contributed by atoms with Crippen LogP contribution < -0.4 is 10.1 Å². The van der Waals surface area contributed by atoms with Crippen molar-refractivity contribution in [1.29, 1.82) is 0 Å². The second kappa shape index (κ2) is 8.33. The maximum Gasteiger partial charge on any atom is 0.120 e. The number of rotatable bonds is 8. The Labute approximate surface area is 150 Å². The van der Waals surface area contributed by atoms with Crippen LogP contribution in [0.3, 0.4) is 0 Å². The summed E-state index contributed by atoms with van der Waals surface area (Å²) in [6.07, 6.45) is 2.44. The van der Waals surface area contributed by atoms with Crippen LogP contribution in [0.5, 0.6) is 5.75 Å². The first-order valence-electron chi connectivity index (χ1n) is 8.04. The van der Waals surface area contributed by atoms with Crippen molar-refractivity contribution in [1.82, 2.24) is 10.3 Å². The summed E-state index contributed by atoms with van der Waals surface area (Å²) in [5.74, 6) is 0.752. The number of aliphatic hydroxyl groups is 1. The number of fused-ring (bicyclic) bond motifs is 1. The van der Waals surface area contributed by atoms with Crippen LogP contribution >= 0.6 is 15.9 Å². The SMILES string of the molecule is O[C@H](CNCCc1c[nH]c2ccccc12)COc1cccc(Br)c1. The Kier molecular flexibility index (Phi) is 5.91. The third kappa shape index (κ3) is 4.60. The van der Waals surface area contributed by atoms with E-state index in [0.717, 1.165) is 28.7 Å². The number of halogens is 1. The lowest BCUT2D eigenvalue weighted by Crippen LogP contribution is -2.32. The van der Waals surface area contributed by atoms with E-state index in [9.17, 15) is 5.11 Å². The van der Waals surface area contributed by atoms with Gasteiger partial charge in [-0.15, -0.1) is 0 Å². The first kappa shape index (κ1) is 17.0. The van der Waals surface area contributed by atoms with Gasteiger partial charge < -0.3 is 20.1 Å². The van der Waals surface area contributed by atoms with Crippen molar-refractivity contribution in [3.63, 3.8) is 0 Å². The molecule has 1 aromatic heterocycles. The van der Waals surface area contributed by atoms with Crippen molar-refractivity contribution in [2.75, 3.05) is 19.7 Å². The van der Waals surface area contributed by atoms with E-state index in [-0.39, 0.29) is 6.61 Å². The summed E-state index contributed by atoms with van der Waals surface area (Å²) in [4.78, 5) is 3.28. The number of aliphatic hydroxyl groups excluding tert-OH is 1. The average molecular weight is 389 g/mol. The summed E-state index contributed by atoms with van der Waals surface area (Å²) in [5, 5.41) is 14.5. The predicted octanol–water partition coefficient (Wildman–Crippen LogP) is 3.50. The molecule has 3 aromatic rings. The van der Waals surface area contributed by atoms with Gasteiger partial charge in [0, 0.05) is 28.1 Å². The number of ether oxygens (including phenoxy) is 1. The highest BCUT2D eigenvalue weighted by molar-refractivity contribution is 9.10. The minimum absolute atomic E-state index is 0.274. The minimum atomic E-state index is -0.535. The third-order valence-corrected chi connectivity index (χ3v) is 4.36. The largest absolute Gasteiger partial charge is 0.491 e. The quantitative estimate of drug-likeness (QED) is 0.517. The number of aromatic nitrogens is 1. The first-order chi connectivity index (χ1) is 11.7. The van der Waals surface area contributed by atoms with Crippen LogP contribution in [0.2, 0.25) is 0 Å². The molecule has 0 spiro atoms. The molecule has 0 aliphatic rings. The van der Waals surface area contributed by atoms with E-state index < -0.39 is 6.10 Å². The van der Waals surface area contributed by atoms with Gasteiger partial charge in [0.25, 0.3) is 0 Å². The molecule has 126 valence electrons. The normalized spacial score (nSPS) is 12.4. The lowest BCUT2D eigenvalue weighted by molar-refractivity contribution is 0.106. The molecule has 2 aromatic carbocycles. The lowest BCUT2D eigenvalue weighted by Gasteiger charge is -2.13. The molecule has 0 aliphatic carbocycles. The zero-order valence-corrected chi connectivity index (χ0v) is 14.9. The highest BCUT2D eigenvalue weighted by Gasteiger charge is 2.06. The summed E-state index contributed by atoms with van der Waals surface area (Å²) < 4.78 is 6.55. The molecule has 24 heavy (non-hydrogen) atoms. The zero-order chi connectivity index (χ0) is 16.8. The molecule has 0 aliphatic heterocycles. The van der Waals surface area contributed by atoms with E-state index in [4.69, 9.17) is 4.74 Å². The summed E-state index contributed by atoms with van der Waals surface area (Å²) >= 11 is 3.40. The fourth-order valence-corrected chi connectivity index (χ4v) is 3.02. The number of aromatic amines is 1. The van der Waals surface area contributed by atoms with Crippen molar-refractivity contribution >= 4 is 26.8 Å². The molecule has 0 radical (unpaired) electrons. The molecule has 3 rings (SSSR count). The van der Waals surface area contributed by atoms with Crippen molar-refractivity contribution in [2.24, 2.45) is 0 Å². The smallest absolute Gasteiger partial charge is 0.120 e. The molecule has 0 fully saturated rings. The van der Waals surface area contributed by atoms with Crippen LogP contribution in [0.15, 0.2) is 59.2 Å². The molecular weight excluding hydrogens is 368 g/mol. The summed E-state index contributed by atoms with van der Waals surface area (Å²) in [6.45, 7) is 1.60. The lowest BCUT2D eigenvalue weighted by atomic mass is 10.1. The van der Waals surface area contributed by atoms with Crippen molar-refractivity contribution in [2.45, 2.75) is 12.5 Å². The molecule has 0 unspecified atom stereocenters. The van der Waals surface area contributed by atoms with Gasteiger partial charge in [0.15, 0.2) is 0 Å². The van der Waals surface area contributed by atoms with Crippen molar-refractivity contribution < 1.29 is 9.84 Å². The minimum Gasteiger partial charge on any atom is -0.491 e. The van der Waals surface area contributed by atoms with Crippen LogP contribution in [0.1, 0.15) is 5.56 Å². The number of H-pyrrole nitrogens is 1. The van der Waals surface area contributed by atoms with E-state index in [1.54, 1.807) is 0 Å². The second-order valence-corrected chi connectivity index (χ2v) is 6.65. The van der Waals surface area contributed by atoms with Crippen LogP contribution in [0, 0.1) is 0 Å². The fourth-order valence-electron chi connectivity index (χ4n) is 2.64. The maximum absolute atomic E-state index is 10.0. The maximum atomic E-state index is 10.0. The average Bonchev–Trinajstić information content (AvgIpc) is 3.00. The van der Waals surface area contributed by atoms with Crippen molar-refractivity contribution in [3.05, 3.63) is 64.8 Å². The van der Waals surface area contributed by atoms with Gasteiger partial charge in [0.1, 0.15) is 18.5 Å². The molecule has 0 bridgehead atoms. The number of nitrogens with one attached hydrogen (secondary N) is 2. The number of hydrogen-bond acceptors (Lipinski definition) is 3. The Morgan fingerprint density at radius 3 is 2.92 bits per heavy atom. The standard InChI is InChI=1S/C19H21BrN2O2/c20-15-4-3-5-17(10-15)24-13-16(23)12-21-9-8-14-11-22-19-7-2-1-6-18(14)19/h1-7,10-11,16,21-23H,8-9,12-13H2/t16-/m1/s1. The molecule has 0 saturated heterocycles. The zero-order valence-electron chi connectivity index (χ0n) is 13.3. The Hall–Kier alpha value is -1.82. The highest BCUT2D eigenvalue weighted by atomic mass is 79.9. The predicted molar refractivity (Wildman–Crippen MR) is 101 cm³/mol. The molecule has 5 heteroatoms. The molecule has 1 atom stereocenters. The Morgan fingerprint density at radius 1 is 1.17 bits per heavy atom. The van der Waals surface area contributed by atoms with Gasteiger partial charge in [-0.3, -0.25) is 0 Å². The topological polar surface area (TPSA) is 57.3 Å². The van der Waals surface area contributed by atoms with E-state index in [2.05, 4.69) is 50.6 Å². The van der Waals surface area contributed by atoms with Crippen LogP contribution in [-0.4, -0.2) is 35.9 Å². The van der Waals surface area contributed by atoms with Gasteiger partial charge in [-0.1, -0.05) is 40.2 Å². The molecule has 1 heterocycles. The van der Waals surface area contributed by atoms with Crippen molar-refractivity contribution in [3.8, 4) is 5.75 Å². The van der Waals surface area contributed by atoms with Crippen LogP contribution in [0.4, 0.5) is 0 Å². The number of hydrogen-bond donors (Lipinski definition) is 3. The summed E-state index contributed by atoms with van der Waals surface area (Å²) in [5.41, 5.74) is 2.45. The molecular formula is C19H21BrN2O2. The Bertz CT molecular complexity index is 788. The van der Waals surface area contributed by atoms with E-state index >= 15 is 0 Å². The first-order valence-corrected chi connectivity index (χ1v) is 8.84. The van der Waals surface area contributed by atoms with Gasteiger partial charge >= 0.3 is 0 Å². The highest BCUT2D eigenvalue weighted by Crippen LogP contribution is 2.18. The van der Waals surface area contributed by atoms with E-state index in [0.29, 0.717) is 6.54 Å². The van der Waals surface area contributed by atoms with Gasteiger partial charge in [0.2, 0.25) is 0 Å². The van der Waals surface area contributed by atoms with Gasteiger partial charge in [-0.2, -0.15) is 0 Å². The Morgan fingerprint density at radius 2 is 2.04 bits per heavy atom. The molecule has 4 nitrogen and oxygen atoms in total. The van der Waals surface area contributed by atoms with Crippen LogP contribution in [-0.2, 0) is 6.42 Å². The third-order valence-electron chi connectivity index (χ3n) is 3.86. The number of benzene rings is 2. The number of para-hydroxylation sites is 1. The van der Waals surface area contributed by atoms with Gasteiger partial charge in [0.05, 0.1) is 0 Å². The van der Waals surface area contributed by atoms with Gasteiger partial charge in [-0.25, -0.2) is 0 Å². The van der Waals surface area contributed by atoms with Gasteiger partial charge in [-0.05, 0) is 42.8 Å². The second-order valence-electron chi connectivity index (χ2n) is 5.74. The molecule has 3 N–H and O–H groups in total. The summed E-state index contributed by atoms with van der Waals surface area (Å²) in [7, 11) is 0. The van der Waals surface area contributed by atoms with E-state index in [1.807, 2.05) is 30.3 Å². The molecule has 0 amide bonds. The monoisotopic (exact) mass is 388 g/mol. The fraction of sp³-hybridized carbons (Fsp3) is 0.263. The molecule has 0 saturated carbocycles.